The Balaban J connectivity index is 3.14. The SMILES string of the molecule is CCCOc1nc(CC(C)C)nc(N)c1[N+](=O)[O-]. The van der Waals surface area contributed by atoms with Gasteiger partial charge in [0.2, 0.25) is 5.82 Å². The monoisotopic (exact) mass is 254 g/mol. The zero-order valence-corrected chi connectivity index (χ0v) is 10.8. The summed E-state index contributed by atoms with van der Waals surface area (Å²) in [6.45, 7) is 6.28. The fourth-order valence-electron chi connectivity index (χ4n) is 1.42. The molecule has 0 atom stereocenters. The van der Waals surface area contributed by atoms with Gasteiger partial charge < -0.3 is 10.5 Å². The van der Waals surface area contributed by atoms with E-state index in [2.05, 4.69) is 9.97 Å². The minimum absolute atomic E-state index is 0.0370. The topological polar surface area (TPSA) is 104 Å². The fourth-order valence-corrected chi connectivity index (χ4v) is 1.42. The number of anilines is 1. The van der Waals surface area contributed by atoms with E-state index in [1.165, 1.54) is 0 Å². The number of nitrogens with zero attached hydrogens (tertiary/aromatic N) is 3. The molecule has 2 N–H and O–H groups in total. The van der Waals surface area contributed by atoms with Crippen LogP contribution in [0, 0.1) is 16.0 Å². The minimum atomic E-state index is -0.612. The lowest BCUT2D eigenvalue weighted by molar-refractivity contribution is -0.385. The van der Waals surface area contributed by atoms with Crippen LogP contribution in [0.3, 0.4) is 0 Å². The molecule has 0 bridgehead atoms. The van der Waals surface area contributed by atoms with E-state index in [0.29, 0.717) is 24.8 Å². The van der Waals surface area contributed by atoms with Crippen molar-refractivity contribution in [3.63, 3.8) is 0 Å². The lowest BCUT2D eigenvalue weighted by atomic mass is 10.1. The molecule has 0 aliphatic carbocycles. The minimum Gasteiger partial charge on any atom is -0.473 e. The van der Waals surface area contributed by atoms with E-state index >= 15 is 0 Å². The molecule has 0 aliphatic heterocycles. The lowest BCUT2D eigenvalue weighted by Gasteiger charge is -2.09. The molecule has 0 saturated heterocycles. The second-order valence-electron chi connectivity index (χ2n) is 4.38. The van der Waals surface area contributed by atoms with Crippen LogP contribution in [-0.4, -0.2) is 21.5 Å². The second-order valence-corrected chi connectivity index (χ2v) is 4.38. The molecule has 1 aromatic heterocycles. The molecule has 0 unspecified atom stereocenters. The molecule has 1 rings (SSSR count). The first-order chi connectivity index (χ1) is 8.45. The van der Waals surface area contributed by atoms with Crippen LogP contribution in [-0.2, 0) is 6.42 Å². The van der Waals surface area contributed by atoms with Gasteiger partial charge in [0.15, 0.2) is 0 Å². The molecule has 0 fully saturated rings. The number of hydrogen-bond acceptors (Lipinski definition) is 6. The van der Waals surface area contributed by atoms with E-state index in [-0.39, 0.29) is 17.4 Å². The van der Waals surface area contributed by atoms with Crippen molar-refractivity contribution in [3.05, 3.63) is 15.9 Å². The molecule has 0 spiro atoms. The van der Waals surface area contributed by atoms with Gasteiger partial charge in [0, 0.05) is 6.42 Å². The molecule has 7 heteroatoms. The maximum Gasteiger partial charge on any atom is 0.372 e. The number of hydrogen-bond donors (Lipinski definition) is 1. The van der Waals surface area contributed by atoms with Gasteiger partial charge in [-0.15, -0.1) is 0 Å². The molecule has 0 saturated carbocycles. The van der Waals surface area contributed by atoms with E-state index in [1.54, 1.807) is 0 Å². The van der Waals surface area contributed by atoms with Crippen molar-refractivity contribution in [1.29, 1.82) is 0 Å². The summed E-state index contributed by atoms with van der Waals surface area (Å²) in [5.41, 5.74) is 5.25. The van der Waals surface area contributed by atoms with Crippen molar-refractivity contribution < 1.29 is 9.66 Å². The van der Waals surface area contributed by atoms with Crippen LogP contribution < -0.4 is 10.5 Å². The lowest BCUT2D eigenvalue weighted by Crippen LogP contribution is -2.10. The molecule has 7 nitrogen and oxygen atoms in total. The predicted octanol–water partition coefficient (Wildman–Crippen LogP) is 1.95. The standard InChI is InChI=1S/C11H18N4O3/c1-4-5-18-11-9(15(16)17)10(12)13-8(14-11)6-7(2)3/h7H,4-6H2,1-3H3,(H2,12,13,14). The first kappa shape index (κ1) is 14.1. The van der Waals surface area contributed by atoms with E-state index in [1.807, 2.05) is 20.8 Å². The average Bonchev–Trinajstić information content (AvgIpc) is 2.23. The van der Waals surface area contributed by atoms with E-state index < -0.39 is 4.92 Å². The molecule has 0 radical (unpaired) electrons. The van der Waals surface area contributed by atoms with Crippen molar-refractivity contribution in [3.8, 4) is 5.88 Å². The summed E-state index contributed by atoms with van der Waals surface area (Å²) in [6.07, 6.45) is 1.34. The summed E-state index contributed by atoms with van der Waals surface area (Å²) in [7, 11) is 0. The van der Waals surface area contributed by atoms with Crippen molar-refractivity contribution in [2.45, 2.75) is 33.6 Å². The van der Waals surface area contributed by atoms with Gasteiger partial charge in [-0.05, 0) is 12.3 Å². The van der Waals surface area contributed by atoms with Crippen molar-refractivity contribution in [2.75, 3.05) is 12.3 Å². The van der Waals surface area contributed by atoms with Gasteiger partial charge in [-0.25, -0.2) is 4.98 Å². The van der Waals surface area contributed by atoms with E-state index in [4.69, 9.17) is 10.5 Å². The van der Waals surface area contributed by atoms with Crippen molar-refractivity contribution in [2.24, 2.45) is 5.92 Å². The Morgan fingerprint density at radius 2 is 2.11 bits per heavy atom. The molecular formula is C11H18N4O3. The van der Waals surface area contributed by atoms with Crippen LogP contribution in [0.15, 0.2) is 0 Å². The summed E-state index contributed by atoms with van der Waals surface area (Å²) < 4.78 is 5.28. The van der Waals surface area contributed by atoms with Crippen LogP contribution in [0.25, 0.3) is 0 Å². The largest absolute Gasteiger partial charge is 0.473 e. The van der Waals surface area contributed by atoms with Crippen molar-refractivity contribution in [1.82, 2.24) is 9.97 Å². The Hall–Kier alpha value is -1.92. The third-order valence-electron chi connectivity index (χ3n) is 2.14. The van der Waals surface area contributed by atoms with Gasteiger partial charge in [0.05, 0.1) is 11.5 Å². The highest BCUT2D eigenvalue weighted by Crippen LogP contribution is 2.30. The zero-order valence-electron chi connectivity index (χ0n) is 10.8. The molecule has 100 valence electrons. The first-order valence-electron chi connectivity index (χ1n) is 5.89. The molecular weight excluding hydrogens is 236 g/mol. The Morgan fingerprint density at radius 1 is 1.44 bits per heavy atom. The average molecular weight is 254 g/mol. The van der Waals surface area contributed by atoms with Gasteiger partial charge in [-0.3, -0.25) is 10.1 Å². The van der Waals surface area contributed by atoms with Crippen LogP contribution in [0.2, 0.25) is 0 Å². The second kappa shape index (κ2) is 6.13. The van der Waals surface area contributed by atoms with Crippen LogP contribution >= 0.6 is 0 Å². The molecule has 1 aromatic rings. The first-order valence-corrected chi connectivity index (χ1v) is 5.89. The Kier molecular flexibility index (Phi) is 4.82. The summed E-state index contributed by atoms with van der Waals surface area (Å²) in [6, 6.07) is 0. The Labute approximate surface area is 106 Å². The zero-order chi connectivity index (χ0) is 13.7. The van der Waals surface area contributed by atoms with Gasteiger partial charge in [-0.2, -0.15) is 4.98 Å². The maximum atomic E-state index is 10.9. The number of nitrogen functional groups attached to an aromatic ring is 1. The summed E-state index contributed by atoms with van der Waals surface area (Å²) in [4.78, 5) is 18.3. The highest BCUT2D eigenvalue weighted by Gasteiger charge is 2.24. The summed E-state index contributed by atoms with van der Waals surface area (Å²) >= 11 is 0. The third kappa shape index (κ3) is 3.54. The summed E-state index contributed by atoms with van der Waals surface area (Å²) in [5.74, 6) is 0.630. The fraction of sp³-hybridized carbons (Fsp3) is 0.636. The van der Waals surface area contributed by atoms with Gasteiger partial charge in [0.1, 0.15) is 5.82 Å². The highest BCUT2D eigenvalue weighted by molar-refractivity contribution is 5.58. The van der Waals surface area contributed by atoms with Crippen LogP contribution in [0.1, 0.15) is 33.0 Å². The van der Waals surface area contributed by atoms with Gasteiger partial charge >= 0.3 is 5.69 Å². The molecule has 0 aromatic carbocycles. The maximum absolute atomic E-state index is 10.9. The molecule has 18 heavy (non-hydrogen) atoms. The molecule has 0 amide bonds. The number of rotatable bonds is 6. The smallest absolute Gasteiger partial charge is 0.372 e. The van der Waals surface area contributed by atoms with Gasteiger partial charge in [-0.1, -0.05) is 20.8 Å². The van der Waals surface area contributed by atoms with Crippen LogP contribution in [0.5, 0.6) is 5.88 Å². The Morgan fingerprint density at radius 3 is 2.61 bits per heavy atom. The number of nitro groups is 1. The number of ether oxygens (including phenoxy) is 1. The van der Waals surface area contributed by atoms with Gasteiger partial charge in [0.25, 0.3) is 5.88 Å². The Bertz CT molecular complexity index is 435. The van der Waals surface area contributed by atoms with E-state index in [9.17, 15) is 10.1 Å². The number of aromatic nitrogens is 2. The normalized spacial score (nSPS) is 10.7. The highest BCUT2D eigenvalue weighted by atomic mass is 16.6. The quantitative estimate of drug-likeness (QED) is 0.614. The summed E-state index contributed by atoms with van der Waals surface area (Å²) in [5, 5.41) is 10.9. The predicted molar refractivity (Wildman–Crippen MR) is 67.4 cm³/mol. The molecule has 0 aliphatic rings. The van der Waals surface area contributed by atoms with E-state index in [0.717, 1.165) is 6.42 Å². The molecule has 1 heterocycles. The van der Waals surface area contributed by atoms with Crippen molar-refractivity contribution >= 4 is 11.5 Å². The number of nitrogens with two attached hydrogens (primary N) is 1. The third-order valence-corrected chi connectivity index (χ3v) is 2.14. The van der Waals surface area contributed by atoms with Crippen LogP contribution in [0.4, 0.5) is 11.5 Å².